The van der Waals surface area contributed by atoms with Crippen molar-refractivity contribution in [2.45, 2.75) is 0 Å². The summed E-state index contributed by atoms with van der Waals surface area (Å²) in [6.45, 7) is 0. The second kappa shape index (κ2) is 6.51. The van der Waals surface area contributed by atoms with Gasteiger partial charge < -0.3 is 0 Å². The third kappa shape index (κ3) is 3.33. The highest BCUT2D eigenvalue weighted by atomic mass is 19.2. The van der Waals surface area contributed by atoms with E-state index in [4.69, 9.17) is 0 Å². The van der Waals surface area contributed by atoms with Gasteiger partial charge in [0.25, 0.3) is 0 Å². The Morgan fingerprint density at radius 2 is 1.30 bits per heavy atom. The van der Waals surface area contributed by atoms with Crippen molar-refractivity contribution in [2.24, 2.45) is 5.10 Å². The van der Waals surface area contributed by atoms with Crippen LogP contribution >= 0.6 is 0 Å². The second-order valence-electron chi connectivity index (χ2n) is 4.19. The number of benzene rings is 2. The van der Waals surface area contributed by atoms with Crippen molar-refractivity contribution in [3.63, 3.8) is 0 Å². The molecule has 0 aliphatic rings. The number of nitrogens with one attached hydrogen (secondary N) is 1. The van der Waals surface area contributed by atoms with Gasteiger partial charge in [0.05, 0.1) is 6.21 Å². The highest BCUT2D eigenvalue weighted by molar-refractivity contribution is 6.35. The van der Waals surface area contributed by atoms with E-state index in [0.29, 0.717) is 6.21 Å². The number of hydrazone groups is 1. The van der Waals surface area contributed by atoms with E-state index in [1.807, 2.05) is 0 Å². The van der Waals surface area contributed by atoms with Crippen LogP contribution in [0.3, 0.4) is 0 Å². The molecule has 0 radical (unpaired) electrons. The van der Waals surface area contributed by atoms with E-state index in [-0.39, 0.29) is 5.56 Å². The SMILES string of the molecule is O=C(/C=N\Nc1c(F)c(F)c(F)c(F)c1F)c1ccc(F)cc1. The molecular weight excluding hydrogens is 326 g/mol. The summed E-state index contributed by atoms with van der Waals surface area (Å²) in [5.41, 5.74) is 0.190. The molecule has 0 unspecified atom stereocenters. The average molecular weight is 332 g/mol. The van der Waals surface area contributed by atoms with Crippen molar-refractivity contribution in [1.29, 1.82) is 0 Å². The summed E-state index contributed by atoms with van der Waals surface area (Å²) in [5, 5.41) is 3.12. The average Bonchev–Trinajstić information content (AvgIpc) is 2.54. The molecule has 0 aliphatic heterocycles. The fraction of sp³-hybridized carbons (Fsp3) is 0. The third-order valence-electron chi connectivity index (χ3n) is 2.70. The normalized spacial score (nSPS) is 11.0. The number of ketones is 1. The van der Waals surface area contributed by atoms with Crippen LogP contribution in [-0.2, 0) is 0 Å². The maximum atomic E-state index is 13.3. The lowest BCUT2D eigenvalue weighted by Crippen LogP contribution is -2.08. The number of Topliss-reactive ketones (excluding diaryl/α,β-unsaturated/α-hetero) is 1. The number of carbonyl (C=O) groups excluding carboxylic acids is 1. The molecule has 120 valence electrons. The molecule has 2 aromatic rings. The van der Waals surface area contributed by atoms with E-state index in [1.165, 1.54) is 0 Å². The van der Waals surface area contributed by atoms with Crippen LogP contribution in [0.5, 0.6) is 0 Å². The van der Waals surface area contributed by atoms with Crippen LogP contribution < -0.4 is 5.43 Å². The minimum atomic E-state index is -2.31. The van der Waals surface area contributed by atoms with Gasteiger partial charge >= 0.3 is 0 Å². The predicted octanol–water partition coefficient (Wildman–Crippen LogP) is 3.80. The number of anilines is 1. The fourth-order valence-corrected chi connectivity index (χ4v) is 1.55. The number of carbonyl (C=O) groups is 1. The molecule has 0 spiro atoms. The molecule has 23 heavy (non-hydrogen) atoms. The van der Waals surface area contributed by atoms with Crippen molar-refractivity contribution in [2.75, 3.05) is 5.43 Å². The molecule has 0 saturated carbocycles. The van der Waals surface area contributed by atoms with Crippen LogP contribution in [0.25, 0.3) is 0 Å². The van der Waals surface area contributed by atoms with Gasteiger partial charge in [0.2, 0.25) is 11.6 Å². The summed E-state index contributed by atoms with van der Waals surface area (Å²) >= 11 is 0. The molecule has 0 aliphatic carbocycles. The molecule has 0 fully saturated rings. The van der Waals surface area contributed by atoms with Crippen LogP contribution in [0.2, 0.25) is 0 Å². The lowest BCUT2D eigenvalue weighted by molar-refractivity contribution is 0.107. The minimum Gasteiger partial charge on any atom is -0.287 e. The quantitative estimate of drug-likeness (QED) is 0.231. The first kappa shape index (κ1) is 16.5. The standard InChI is InChI=1S/C14H6F6N2O/c15-7-3-1-6(2-4-7)8(23)5-21-22-14-12(19)10(17)9(16)11(18)13(14)20/h1-5,22H/b21-5-. The molecule has 9 heteroatoms. The molecule has 2 aromatic carbocycles. The summed E-state index contributed by atoms with van der Waals surface area (Å²) in [5.74, 6) is -12.2. The molecule has 2 rings (SSSR count). The monoisotopic (exact) mass is 332 g/mol. The second-order valence-corrected chi connectivity index (χ2v) is 4.19. The van der Waals surface area contributed by atoms with Gasteiger partial charge in [-0.15, -0.1) is 0 Å². The van der Waals surface area contributed by atoms with Gasteiger partial charge in [-0.2, -0.15) is 5.10 Å². The summed E-state index contributed by atoms with van der Waals surface area (Å²) in [4.78, 5) is 11.6. The van der Waals surface area contributed by atoms with Crippen LogP contribution in [0, 0.1) is 34.9 Å². The Kier molecular flexibility index (Phi) is 4.68. The van der Waals surface area contributed by atoms with Gasteiger partial charge in [-0.05, 0) is 24.3 Å². The zero-order valence-electron chi connectivity index (χ0n) is 11.0. The Bertz CT molecular complexity index is 760. The topological polar surface area (TPSA) is 41.5 Å². The van der Waals surface area contributed by atoms with E-state index >= 15 is 0 Å². The first-order valence-corrected chi connectivity index (χ1v) is 5.93. The highest BCUT2D eigenvalue weighted by Gasteiger charge is 2.25. The van der Waals surface area contributed by atoms with Gasteiger partial charge in [-0.25, -0.2) is 26.3 Å². The molecule has 1 N–H and O–H groups in total. The van der Waals surface area contributed by atoms with Gasteiger partial charge in [0, 0.05) is 5.56 Å². The van der Waals surface area contributed by atoms with Crippen LogP contribution in [0.1, 0.15) is 10.4 Å². The Labute approximate surface area is 125 Å². The summed E-state index contributed by atoms with van der Waals surface area (Å²) < 4.78 is 78.0. The van der Waals surface area contributed by atoms with Crippen molar-refractivity contribution in [1.82, 2.24) is 0 Å². The van der Waals surface area contributed by atoms with Crippen molar-refractivity contribution < 1.29 is 31.1 Å². The maximum absolute atomic E-state index is 13.3. The van der Waals surface area contributed by atoms with Crippen molar-refractivity contribution >= 4 is 17.7 Å². The summed E-state index contributed by atoms with van der Waals surface area (Å²) in [7, 11) is 0. The first-order chi connectivity index (χ1) is 10.8. The Balaban J connectivity index is 2.21. The molecule has 0 amide bonds. The van der Waals surface area contributed by atoms with Crippen molar-refractivity contribution in [3.8, 4) is 0 Å². The van der Waals surface area contributed by atoms with E-state index in [2.05, 4.69) is 5.10 Å². The molecule has 3 nitrogen and oxygen atoms in total. The zero-order chi connectivity index (χ0) is 17.1. The van der Waals surface area contributed by atoms with Gasteiger partial charge in [-0.1, -0.05) is 0 Å². The van der Waals surface area contributed by atoms with Gasteiger partial charge in [-0.3, -0.25) is 10.2 Å². The molecule has 0 saturated heterocycles. The number of nitrogens with zero attached hydrogens (tertiary/aromatic N) is 1. The number of halogens is 6. The highest BCUT2D eigenvalue weighted by Crippen LogP contribution is 2.26. The third-order valence-corrected chi connectivity index (χ3v) is 2.70. The van der Waals surface area contributed by atoms with E-state index < -0.39 is 46.4 Å². The largest absolute Gasteiger partial charge is 0.287 e. The smallest absolute Gasteiger partial charge is 0.205 e. The molecule has 0 bridgehead atoms. The fourth-order valence-electron chi connectivity index (χ4n) is 1.55. The first-order valence-electron chi connectivity index (χ1n) is 5.93. The Morgan fingerprint density at radius 1 is 0.826 bits per heavy atom. The lowest BCUT2D eigenvalue weighted by atomic mass is 10.1. The Morgan fingerprint density at radius 3 is 1.83 bits per heavy atom. The van der Waals surface area contributed by atoms with Crippen LogP contribution in [-0.4, -0.2) is 12.0 Å². The number of hydrogen-bond donors (Lipinski definition) is 1. The van der Waals surface area contributed by atoms with E-state index in [1.54, 1.807) is 5.43 Å². The minimum absolute atomic E-state index is 0.00867. The van der Waals surface area contributed by atoms with Gasteiger partial charge in [0.15, 0.2) is 23.3 Å². The Hall–Kier alpha value is -2.84. The van der Waals surface area contributed by atoms with E-state index in [0.717, 1.165) is 24.3 Å². The zero-order valence-corrected chi connectivity index (χ0v) is 11.0. The molecule has 0 aromatic heterocycles. The molecular formula is C14H6F6N2O. The lowest BCUT2D eigenvalue weighted by Gasteiger charge is -2.06. The number of rotatable bonds is 4. The van der Waals surface area contributed by atoms with Crippen molar-refractivity contribution in [3.05, 3.63) is 64.7 Å². The molecule has 0 heterocycles. The maximum Gasteiger partial charge on any atom is 0.205 e. The van der Waals surface area contributed by atoms with E-state index in [9.17, 15) is 31.1 Å². The van der Waals surface area contributed by atoms with Crippen LogP contribution in [0.15, 0.2) is 29.4 Å². The number of hydrogen-bond acceptors (Lipinski definition) is 3. The predicted molar refractivity (Wildman–Crippen MR) is 69.1 cm³/mol. The summed E-state index contributed by atoms with van der Waals surface area (Å²) in [6, 6.07) is 4.25. The van der Waals surface area contributed by atoms with Crippen LogP contribution in [0.4, 0.5) is 32.0 Å². The molecule has 0 atom stereocenters. The van der Waals surface area contributed by atoms with Gasteiger partial charge in [0.1, 0.15) is 11.5 Å². The summed E-state index contributed by atoms with van der Waals surface area (Å²) in [6.07, 6.45) is 0.547.